The van der Waals surface area contributed by atoms with Crippen LogP contribution in [0.15, 0.2) is 12.1 Å². The molecule has 1 rings (SSSR count). The van der Waals surface area contributed by atoms with E-state index in [1.54, 1.807) is 12.1 Å². The average Bonchev–Trinajstić information content (AvgIpc) is 2.64. The zero-order valence-corrected chi connectivity index (χ0v) is 10.1. The maximum absolute atomic E-state index is 11.7. The highest BCUT2D eigenvalue weighted by Gasteiger charge is 2.12. The molecule has 5 heteroatoms. The molecule has 15 heavy (non-hydrogen) atoms. The predicted octanol–water partition coefficient (Wildman–Crippen LogP) is 1.90. The van der Waals surface area contributed by atoms with Crippen molar-refractivity contribution in [1.29, 1.82) is 0 Å². The zero-order valence-electron chi connectivity index (χ0n) is 8.57. The number of rotatable bonds is 6. The van der Waals surface area contributed by atoms with Crippen molar-refractivity contribution in [2.24, 2.45) is 0 Å². The Morgan fingerprint density at radius 1 is 1.60 bits per heavy atom. The van der Waals surface area contributed by atoms with Crippen molar-refractivity contribution in [3.8, 4) is 0 Å². The van der Waals surface area contributed by atoms with Crippen molar-refractivity contribution >= 4 is 28.7 Å². The molecule has 0 unspecified atom stereocenters. The number of hydrogen-bond donors (Lipinski definition) is 1. The van der Waals surface area contributed by atoms with Gasteiger partial charge in [-0.2, -0.15) is 0 Å². The van der Waals surface area contributed by atoms with Crippen LogP contribution in [0.1, 0.15) is 16.6 Å². The first-order chi connectivity index (χ1) is 7.17. The SMILES string of the molecule is CCN(CCO)CC(=O)c1ccc(Cl)s1. The summed E-state index contributed by atoms with van der Waals surface area (Å²) in [6, 6.07) is 3.46. The molecule has 0 aliphatic rings. The number of carbonyl (C=O) groups is 1. The smallest absolute Gasteiger partial charge is 0.186 e. The van der Waals surface area contributed by atoms with Crippen molar-refractivity contribution in [2.45, 2.75) is 6.92 Å². The van der Waals surface area contributed by atoms with E-state index in [1.807, 2.05) is 11.8 Å². The Morgan fingerprint density at radius 2 is 2.33 bits per heavy atom. The number of hydrogen-bond acceptors (Lipinski definition) is 4. The fourth-order valence-corrected chi connectivity index (χ4v) is 2.21. The third-order valence-corrected chi connectivity index (χ3v) is 3.35. The molecule has 1 aromatic rings. The van der Waals surface area contributed by atoms with E-state index in [0.717, 1.165) is 6.54 Å². The lowest BCUT2D eigenvalue weighted by Crippen LogP contribution is -2.31. The van der Waals surface area contributed by atoms with Gasteiger partial charge in [-0.25, -0.2) is 0 Å². The summed E-state index contributed by atoms with van der Waals surface area (Å²) in [6.07, 6.45) is 0. The summed E-state index contributed by atoms with van der Waals surface area (Å²) >= 11 is 7.04. The van der Waals surface area contributed by atoms with Crippen molar-refractivity contribution in [3.05, 3.63) is 21.3 Å². The molecule has 84 valence electrons. The number of thiophene rings is 1. The summed E-state index contributed by atoms with van der Waals surface area (Å²) in [7, 11) is 0. The minimum Gasteiger partial charge on any atom is -0.395 e. The molecule has 0 radical (unpaired) electrons. The number of likely N-dealkylation sites (N-methyl/N-ethyl adjacent to an activating group) is 1. The van der Waals surface area contributed by atoms with Crippen LogP contribution >= 0.6 is 22.9 Å². The van der Waals surface area contributed by atoms with Crippen LogP contribution in [0.5, 0.6) is 0 Å². The fourth-order valence-electron chi connectivity index (χ4n) is 1.24. The highest BCUT2D eigenvalue weighted by atomic mass is 35.5. The van der Waals surface area contributed by atoms with Gasteiger partial charge >= 0.3 is 0 Å². The summed E-state index contributed by atoms with van der Waals surface area (Å²) in [5.74, 6) is 0.0576. The predicted molar refractivity (Wildman–Crippen MR) is 62.9 cm³/mol. The van der Waals surface area contributed by atoms with Gasteiger partial charge in [0.15, 0.2) is 5.78 Å². The maximum atomic E-state index is 11.7. The Hall–Kier alpha value is -0.420. The van der Waals surface area contributed by atoms with E-state index >= 15 is 0 Å². The topological polar surface area (TPSA) is 40.5 Å². The lowest BCUT2D eigenvalue weighted by molar-refractivity contribution is 0.0923. The van der Waals surface area contributed by atoms with Gasteiger partial charge in [0, 0.05) is 6.54 Å². The Morgan fingerprint density at radius 3 is 2.80 bits per heavy atom. The lowest BCUT2D eigenvalue weighted by Gasteiger charge is -2.17. The summed E-state index contributed by atoms with van der Waals surface area (Å²) in [5.41, 5.74) is 0. The summed E-state index contributed by atoms with van der Waals surface area (Å²) in [6.45, 7) is 3.66. The van der Waals surface area contributed by atoms with E-state index in [0.29, 0.717) is 22.3 Å². The molecule has 1 heterocycles. The molecular weight excluding hydrogens is 234 g/mol. The van der Waals surface area contributed by atoms with Gasteiger partial charge in [0.05, 0.1) is 22.4 Å². The van der Waals surface area contributed by atoms with Crippen molar-refractivity contribution < 1.29 is 9.90 Å². The first-order valence-electron chi connectivity index (χ1n) is 4.79. The molecule has 0 spiro atoms. The minimum absolute atomic E-state index is 0.0576. The Balaban J connectivity index is 2.54. The maximum Gasteiger partial charge on any atom is 0.186 e. The average molecular weight is 248 g/mol. The van der Waals surface area contributed by atoms with E-state index in [-0.39, 0.29) is 12.4 Å². The zero-order chi connectivity index (χ0) is 11.3. The van der Waals surface area contributed by atoms with E-state index in [4.69, 9.17) is 16.7 Å². The van der Waals surface area contributed by atoms with Gasteiger partial charge in [-0.1, -0.05) is 18.5 Å². The third-order valence-electron chi connectivity index (χ3n) is 2.08. The third kappa shape index (κ3) is 3.91. The molecule has 0 bridgehead atoms. The quantitative estimate of drug-likeness (QED) is 0.781. The normalized spacial score (nSPS) is 10.9. The van der Waals surface area contributed by atoms with Crippen LogP contribution in [-0.4, -0.2) is 42.0 Å². The number of carbonyl (C=O) groups excluding carboxylic acids is 1. The molecule has 0 aromatic carbocycles. The van der Waals surface area contributed by atoms with Crippen LogP contribution in [-0.2, 0) is 0 Å². The van der Waals surface area contributed by atoms with Crippen molar-refractivity contribution in [3.63, 3.8) is 0 Å². The second kappa shape index (κ2) is 6.23. The van der Waals surface area contributed by atoms with Crippen LogP contribution < -0.4 is 0 Å². The molecule has 0 amide bonds. The molecular formula is C10H14ClNO2S. The number of aliphatic hydroxyl groups is 1. The Labute approximate surface area is 98.3 Å². The van der Waals surface area contributed by atoms with Gasteiger partial charge in [-0.15, -0.1) is 11.3 Å². The van der Waals surface area contributed by atoms with Crippen LogP contribution in [0.2, 0.25) is 4.34 Å². The fraction of sp³-hybridized carbons (Fsp3) is 0.500. The largest absolute Gasteiger partial charge is 0.395 e. The monoisotopic (exact) mass is 247 g/mol. The summed E-state index contributed by atoms with van der Waals surface area (Å²) < 4.78 is 0.628. The van der Waals surface area contributed by atoms with Crippen LogP contribution in [0.25, 0.3) is 0 Å². The van der Waals surface area contributed by atoms with E-state index < -0.39 is 0 Å². The van der Waals surface area contributed by atoms with E-state index in [9.17, 15) is 4.79 Å². The number of halogens is 1. The molecule has 0 saturated carbocycles. The molecule has 0 atom stereocenters. The van der Waals surface area contributed by atoms with Gasteiger partial charge in [0.2, 0.25) is 0 Å². The van der Waals surface area contributed by atoms with Gasteiger partial charge in [0.25, 0.3) is 0 Å². The van der Waals surface area contributed by atoms with E-state index in [1.165, 1.54) is 11.3 Å². The van der Waals surface area contributed by atoms with Gasteiger partial charge in [-0.3, -0.25) is 9.69 Å². The van der Waals surface area contributed by atoms with Crippen molar-refractivity contribution in [1.82, 2.24) is 4.90 Å². The molecule has 0 fully saturated rings. The molecule has 3 nitrogen and oxygen atoms in total. The number of ketones is 1. The second-order valence-corrected chi connectivity index (χ2v) is 4.83. The Kier molecular flexibility index (Phi) is 5.25. The summed E-state index contributed by atoms with van der Waals surface area (Å²) in [5, 5.41) is 8.78. The highest BCUT2D eigenvalue weighted by Crippen LogP contribution is 2.21. The van der Waals surface area contributed by atoms with Crippen molar-refractivity contribution in [2.75, 3.05) is 26.2 Å². The van der Waals surface area contributed by atoms with Crippen LogP contribution in [0.3, 0.4) is 0 Å². The molecule has 0 saturated heterocycles. The lowest BCUT2D eigenvalue weighted by atomic mass is 10.3. The molecule has 1 aromatic heterocycles. The van der Waals surface area contributed by atoms with Gasteiger partial charge < -0.3 is 5.11 Å². The highest BCUT2D eigenvalue weighted by molar-refractivity contribution is 7.18. The van der Waals surface area contributed by atoms with E-state index in [2.05, 4.69) is 0 Å². The van der Waals surface area contributed by atoms with Crippen LogP contribution in [0.4, 0.5) is 0 Å². The number of aliphatic hydroxyl groups excluding tert-OH is 1. The first kappa shape index (κ1) is 12.6. The second-order valence-electron chi connectivity index (χ2n) is 3.12. The molecule has 0 aliphatic heterocycles. The van der Waals surface area contributed by atoms with Crippen LogP contribution in [0, 0.1) is 0 Å². The standard InChI is InChI=1S/C10H14ClNO2S/c1-2-12(5-6-13)7-8(14)9-3-4-10(11)15-9/h3-4,13H,2,5-7H2,1H3. The molecule has 1 N–H and O–H groups in total. The van der Waals surface area contributed by atoms with Gasteiger partial charge in [0.1, 0.15) is 0 Å². The molecule has 0 aliphatic carbocycles. The summed E-state index contributed by atoms with van der Waals surface area (Å²) in [4.78, 5) is 14.3. The Bertz CT molecular complexity index is 327. The first-order valence-corrected chi connectivity index (χ1v) is 5.98. The minimum atomic E-state index is 0.0576. The van der Waals surface area contributed by atoms with Gasteiger partial charge in [-0.05, 0) is 18.7 Å². The number of Topliss-reactive ketones (excluding diaryl/α,β-unsaturated/α-hetero) is 1. The number of nitrogens with zero attached hydrogens (tertiary/aromatic N) is 1.